The molecule has 0 heterocycles. The Labute approximate surface area is 164 Å². The summed E-state index contributed by atoms with van der Waals surface area (Å²) < 4.78 is 0. The molecule has 2 aromatic rings. The summed E-state index contributed by atoms with van der Waals surface area (Å²) in [5.74, 6) is 1.94. The van der Waals surface area contributed by atoms with E-state index in [0.717, 1.165) is 6.42 Å². The number of allylic oxidation sites excluding steroid dienone is 5. The molecule has 1 radical (unpaired) electrons. The number of benzene rings is 2. The summed E-state index contributed by atoms with van der Waals surface area (Å²) in [6, 6.07) is 20.0. The van der Waals surface area contributed by atoms with Gasteiger partial charge in [-0.05, 0) is 67.5 Å². The van der Waals surface area contributed by atoms with Gasteiger partial charge < -0.3 is 0 Å². The Morgan fingerprint density at radius 3 is 1.93 bits per heavy atom. The van der Waals surface area contributed by atoms with E-state index in [9.17, 15) is 0 Å². The lowest BCUT2D eigenvalue weighted by atomic mass is 9.76. The first-order chi connectivity index (χ1) is 13.1. The Morgan fingerprint density at radius 1 is 0.704 bits per heavy atom. The van der Waals surface area contributed by atoms with Crippen LogP contribution < -0.4 is 0 Å². The Hall–Kier alpha value is -2.34. The maximum atomic E-state index is 2.35. The SMILES string of the molecule is CCCC1=C(c2ccccc2)c2ccccc2C1[C]1C(C)=C(C)C(C)=C1C. The highest BCUT2D eigenvalue weighted by Crippen LogP contribution is 2.56. The molecule has 2 aromatic carbocycles. The Balaban J connectivity index is 1.98. The van der Waals surface area contributed by atoms with Crippen LogP contribution in [0.1, 0.15) is 70.1 Å². The van der Waals surface area contributed by atoms with Crippen molar-refractivity contribution in [2.75, 3.05) is 0 Å². The second-order valence-corrected chi connectivity index (χ2v) is 7.95. The monoisotopic (exact) mass is 353 g/mol. The highest BCUT2D eigenvalue weighted by Gasteiger charge is 2.40. The molecule has 0 aliphatic heterocycles. The standard InChI is InChI=1S/C27H29/c1-6-12-24-26(21-13-8-7-9-14-21)22-15-10-11-16-23(22)27(24)25-19(4)17(2)18(3)20(25)5/h7-11,13-16,27H,6,12H2,1-5H3. The Bertz CT molecular complexity index is 942. The van der Waals surface area contributed by atoms with Crippen molar-refractivity contribution < 1.29 is 0 Å². The predicted molar refractivity (Wildman–Crippen MR) is 117 cm³/mol. The minimum Gasteiger partial charge on any atom is -0.0651 e. The number of rotatable bonds is 4. The van der Waals surface area contributed by atoms with Crippen molar-refractivity contribution in [1.82, 2.24) is 0 Å². The van der Waals surface area contributed by atoms with E-state index in [-0.39, 0.29) is 0 Å². The Kier molecular flexibility index (Phi) is 4.68. The zero-order valence-corrected chi connectivity index (χ0v) is 17.2. The number of hydrogen-bond donors (Lipinski definition) is 0. The van der Waals surface area contributed by atoms with Crippen molar-refractivity contribution in [3.05, 3.63) is 105 Å². The van der Waals surface area contributed by atoms with E-state index in [1.165, 1.54) is 51.0 Å². The molecule has 1 unspecified atom stereocenters. The zero-order valence-electron chi connectivity index (χ0n) is 17.2. The van der Waals surface area contributed by atoms with Gasteiger partial charge in [-0.1, -0.05) is 84.7 Å². The fourth-order valence-corrected chi connectivity index (χ4v) is 4.98. The first-order valence-corrected chi connectivity index (χ1v) is 10.2. The van der Waals surface area contributed by atoms with Crippen molar-refractivity contribution in [1.29, 1.82) is 0 Å². The molecule has 1 atom stereocenters. The van der Waals surface area contributed by atoms with Crippen molar-refractivity contribution in [2.24, 2.45) is 0 Å². The number of hydrogen-bond acceptors (Lipinski definition) is 0. The van der Waals surface area contributed by atoms with E-state index < -0.39 is 0 Å². The molecule has 2 aliphatic rings. The highest BCUT2D eigenvalue weighted by molar-refractivity contribution is 5.90. The first kappa shape index (κ1) is 18.0. The minimum absolute atomic E-state index is 0.392. The van der Waals surface area contributed by atoms with Gasteiger partial charge in [0.15, 0.2) is 0 Å². The molecule has 0 bridgehead atoms. The zero-order chi connectivity index (χ0) is 19.1. The maximum Gasteiger partial charge on any atom is 0.0373 e. The van der Waals surface area contributed by atoms with Crippen molar-refractivity contribution >= 4 is 5.57 Å². The summed E-state index contributed by atoms with van der Waals surface area (Å²) in [5.41, 5.74) is 13.2. The molecule has 0 spiro atoms. The third kappa shape index (κ3) is 2.74. The number of fused-ring (bicyclic) bond motifs is 1. The molecule has 27 heavy (non-hydrogen) atoms. The van der Waals surface area contributed by atoms with Gasteiger partial charge in [-0.15, -0.1) is 0 Å². The molecule has 0 saturated carbocycles. The lowest BCUT2D eigenvalue weighted by Gasteiger charge is -2.26. The predicted octanol–water partition coefficient (Wildman–Crippen LogP) is 7.65. The second kappa shape index (κ2) is 7.00. The van der Waals surface area contributed by atoms with Gasteiger partial charge in [0.25, 0.3) is 0 Å². The van der Waals surface area contributed by atoms with Crippen LogP contribution in [0.3, 0.4) is 0 Å². The average molecular weight is 354 g/mol. The molecule has 2 aliphatic carbocycles. The molecule has 0 amide bonds. The summed E-state index contributed by atoms with van der Waals surface area (Å²) in [7, 11) is 0. The van der Waals surface area contributed by atoms with Crippen LogP contribution in [0.25, 0.3) is 5.57 Å². The molecule has 137 valence electrons. The van der Waals surface area contributed by atoms with Crippen molar-refractivity contribution in [2.45, 2.75) is 53.4 Å². The highest BCUT2D eigenvalue weighted by atomic mass is 14.4. The topological polar surface area (TPSA) is 0 Å². The normalized spacial score (nSPS) is 20.1. The summed E-state index contributed by atoms with van der Waals surface area (Å²) in [6.07, 6.45) is 2.32. The van der Waals surface area contributed by atoms with Gasteiger partial charge in [0.2, 0.25) is 0 Å². The van der Waals surface area contributed by atoms with Crippen LogP contribution in [0.5, 0.6) is 0 Å². The van der Waals surface area contributed by atoms with Crippen molar-refractivity contribution in [3.8, 4) is 0 Å². The van der Waals surface area contributed by atoms with Gasteiger partial charge >= 0.3 is 0 Å². The van der Waals surface area contributed by atoms with Crippen molar-refractivity contribution in [3.63, 3.8) is 0 Å². The summed E-state index contributed by atoms with van der Waals surface area (Å²) in [4.78, 5) is 0. The second-order valence-electron chi connectivity index (χ2n) is 7.95. The summed E-state index contributed by atoms with van der Waals surface area (Å²) in [6.45, 7) is 11.5. The van der Waals surface area contributed by atoms with Crippen LogP contribution in [0.15, 0.2) is 82.5 Å². The average Bonchev–Trinajstić information content (AvgIpc) is 3.10. The fourth-order valence-electron chi connectivity index (χ4n) is 4.98. The van der Waals surface area contributed by atoms with Crippen LogP contribution in [0.2, 0.25) is 0 Å². The van der Waals surface area contributed by atoms with Crippen LogP contribution in [-0.4, -0.2) is 0 Å². The van der Waals surface area contributed by atoms with Gasteiger partial charge in [0.05, 0.1) is 0 Å². The largest absolute Gasteiger partial charge is 0.0651 e. The van der Waals surface area contributed by atoms with Gasteiger partial charge in [0.1, 0.15) is 0 Å². The molecule has 0 N–H and O–H groups in total. The third-order valence-electron chi connectivity index (χ3n) is 6.58. The van der Waals surface area contributed by atoms with Gasteiger partial charge in [-0.2, -0.15) is 0 Å². The van der Waals surface area contributed by atoms with E-state index in [4.69, 9.17) is 0 Å². The van der Waals surface area contributed by atoms with Gasteiger partial charge in [-0.3, -0.25) is 0 Å². The fraction of sp³-hybridized carbons (Fsp3) is 0.296. The maximum absolute atomic E-state index is 2.35. The van der Waals surface area contributed by atoms with Crippen LogP contribution in [-0.2, 0) is 0 Å². The Morgan fingerprint density at radius 2 is 1.30 bits per heavy atom. The van der Waals surface area contributed by atoms with E-state index in [1.807, 2.05) is 0 Å². The molecule has 0 aromatic heterocycles. The van der Waals surface area contributed by atoms with E-state index in [0.29, 0.717) is 5.92 Å². The van der Waals surface area contributed by atoms with E-state index >= 15 is 0 Å². The minimum atomic E-state index is 0.392. The molecule has 0 fully saturated rings. The molecule has 4 rings (SSSR count). The van der Waals surface area contributed by atoms with Crippen LogP contribution >= 0.6 is 0 Å². The summed E-state index contributed by atoms with van der Waals surface area (Å²) in [5, 5.41) is 0. The third-order valence-corrected chi connectivity index (χ3v) is 6.58. The summed E-state index contributed by atoms with van der Waals surface area (Å²) >= 11 is 0. The molecule has 0 nitrogen and oxygen atoms in total. The molecule has 0 heteroatoms. The molecular weight excluding hydrogens is 324 g/mol. The lowest BCUT2D eigenvalue weighted by molar-refractivity contribution is 0.773. The van der Waals surface area contributed by atoms with Crippen LogP contribution in [0.4, 0.5) is 0 Å². The molecule has 0 saturated heterocycles. The van der Waals surface area contributed by atoms with Gasteiger partial charge in [-0.25, -0.2) is 0 Å². The first-order valence-electron chi connectivity index (χ1n) is 10.2. The smallest absolute Gasteiger partial charge is 0.0373 e. The van der Waals surface area contributed by atoms with E-state index in [2.05, 4.69) is 89.2 Å². The van der Waals surface area contributed by atoms with Gasteiger partial charge in [0, 0.05) is 11.8 Å². The quantitative estimate of drug-likeness (QED) is 0.529. The van der Waals surface area contributed by atoms with Crippen LogP contribution in [0, 0.1) is 5.92 Å². The lowest BCUT2D eigenvalue weighted by Crippen LogP contribution is -2.13. The molecular formula is C27H29. The van der Waals surface area contributed by atoms with E-state index in [1.54, 1.807) is 11.5 Å².